The van der Waals surface area contributed by atoms with Crippen LogP contribution in [-0.4, -0.2) is 76.0 Å². The Bertz CT molecular complexity index is 1650. The van der Waals surface area contributed by atoms with E-state index >= 15 is 0 Å². The maximum Gasteiger partial charge on any atom is 0.255 e. The molecule has 1 amide bonds. The van der Waals surface area contributed by atoms with E-state index in [9.17, 15) is 35.0 Å². The van der Waals surface area contributed by atoms with Crippen molar-refractivity contribution in [2.75, 3.05) is 21.2 Å². The van der Waals surface area contributed by atoms with Crippen LogP contribution in [0, 0.1) is 16.7 Å². The van der Waals surface area contributed by atoms with Gasteiger partial charge in [0.25, 0.3) is 5.91 Å². The molecule has 0 unspecified atom stereocenters. The van der Waals surface area contributed by atoms with Crippen LogP contribution < -0.4 is 21.9 Å². The summed E-state index contributed by atoms with van der Waals surface area (Å²) in [5, 5.41) is 44.1. The number of fused-ring (bicyclic) bond motifs is 3. The summed E-state index contributed by atoms with van der Waals surface area (Å²) in [6.07, 6.45) is -0.578. The molecule has 2 aromatic carbocycles. The Labute approximate surface area is 234 Å². The normalized spacial score (nSPS) is 29.0. The topological polar surface area (TPSA) is 226 Å². The maximum atomic E-state index is 14.4. The van der Waals surface area contributed by atoms with Crippen molar-refractivity contribution in [2.24, 2.45) is 22.6 Å². The number of benzene rings is 2. The summed E-state index contributed by atoms with van der Waals surface area (Å²) in [5.41, 5.74) is 12.8. The number of primary amides is 1. The van der Waals surface area contributed by atoms with Crippen molar-refractivity contribution >= 4 is 23.2 Å². The van der Waals surface area contributed by atoms with Gasteiger partial charge < -0.3 is 37.3 Å². The van der Waals surface area contributed by atoms with Gasteiger partial charge in [0.15, 0.2) is 17.0 Å². The molecule has 0 heterocycles. The highest BCUT2D eigenvalue weighted by Gasteiger charge is 2.74. The van der Waals surface area contributed by atoms with Gasteiger partial charge in [0, 0.05) is 0 Å². The molecule has 212 valence electrons. The summed E-state index contributed by atoms with van der Waals surface area (Å²) in [7, 11) is 4.46. The third-order valence-corrected chi connectivity index (χ3v) is 8.53. The Kier molecular flexibility index (Phi) is 6.05. The third kappa shape index (κ3) is 3.40. The minimum Gasteiger partial charge on any atom is -0.509 e. The number of ketones is 2. The molecular weight excluding hydrogens is 530 g/mol. The molecule has 3 aliphatic carbocycles. The van der Waals surface area contributed by atoms with Crippen LogP contribution in [-0.2, 0) is 20.8 Å². The van der Waals surface area contributed by atoms with E-state index < -0.39 is 69.1 Å². The summed E-state index contributed by atoms with van der Waals surface area (Å²) in [6, 6.07) is 10.3. The van der Waals surface area contributed by atoms with Crippen LogP contribution in [0.25, 0.3) is 16.9 Å². The van der Waals surface area contributed by atoms with Gasteiger partial charge in [-0.3, -0.25) is 19.3 Å². The minimum atomic E-state index is -2.70. The first-order valence-corrected chi connectivity index (χ1v) is 12.6. The molecule has 0 spiro atoms. The number of Topliss-reactive ketones (excluding diaryl/α,β-unsaturated/α-hetero) is 2. The molecule has 12 nitrogen and oxygen atoms in total. The van der Waals surface area contributed by atoms with Crippen molar-refractivity contribution in [1.29, 1.82) is 5.26 Å². The van der Waals surface area contributed by atoms with Crippen LogP contribution >= 0.6 is 0 Å². The SMILES string of the molecule is COc1ccc(-c2ccc(O)c3c2C[C@@]2(N)C[C@@]4(N)[C@H](N(C)C)C(=O)C(C(N)=O)=C(O)[C@@]4(C#N)C(=O)C2=C3O)cc1. The van der Waals surface area contributed by atoms with E-state index in [0.29, 0.717) is 22.4 Å². The average Bonchev–Trinajstić information content (AvgIpc) is 2.87. The smallest absolute Gasteiger partial charge is 0.255 e. The number of likely N-dealkylation sites (N-methyl/N-ethyl adjacent to an activating group) is 1. The summed E-state index contributed by atoms with van der Waals surface area (Å²) >= 11 is 0. The van der Waals surface area contributed by atoms with Gasteiger partial charge in [0.1, 0.15) is 28.6 Å². The molecule has 3 aliphatic rings. The molecule has 1 fully saturated rings. The zero-order valence-electron chi connectivity index (χ0n) is 22.6. The zero-order chi connectivity index (χ0) is 30.2. The minimum absolute atomic E-state index is 0.0741. The molecule has 2 aromatic rings. The number of rotatable bonds is 4. The highest BCUT2D eigenvalue weighted by atomic mass is 16.5. The number of carbonyl (C=O) groups is 3. The summed E-state index contributed by atoms with van der Waals surface area (Å²) in [4.78, 5) is 41.5. The number of hydrogen-bond donors (Lipinski definition) is 6. The highest BCUT2D eigenvalue weighted by Crippen LogP contribution is 2.58. The predicted molar refractivity (Wildman–Crippen MR) is 146 cm³/mol. The van der Waals surface area contributed by atoms with E-state index in [0.717, 1.165) is 0 Å². The number of phenols is 1. The molecule has 4 atom stereocenters. The highest BCUT2D eigenvalue weighted by molar-refractivity contribution is 6.25. The van der Waals surface area contributed by atoms with Crippen molar-refractivity contribution in [3.8, 4) is 28.7 Å². The van der Waals surface area contributed by atoms with Crippen molar-refractivity contribution in [2.45, 2.75) is 30.0 Å². The quantitative estimate of drug-likeness (QED) is 0.284. The third-order valence-electron chi connectivity index (χ3n) is 8.53. The second-order valence-corrected chi connectivity index (χ2v) is 11.0. The molecule has 0 aliphatic heterocycles. The lowest BCUT2D eigenvalue weighted by molar-refractivity contribution is -0.139. The number of nitrogens with zero attached hydrogens (tertiary/aromatic N) is 2. The van der Waals surface area contributed by atoms with Crippen molar-refractivity contribution in [3.63, 3.8) is 0 Å². The van der Waals surface area contributed by atoms with Crippen LogP contribution in [0.2, 0.25) is 0 Å². The van der Waals surface area contributed by atoms with E-state index in [1.807, 2.05) is 0 Å². The molecule has 0 saturated heterocycles. The number of nitrogens with two attached hydrogens (primary N) is 3. The maximum absolute atomic E-state index is 14.4. The fourth-order valence-corrected chi connectivity index (χ4v) is 6.87. The fraction of sp³-hybridized carbons (Fsp3) is 0.310. The molecule has 0 aromatic heterocycles. The molecule has 41 heavy (non-hydrogen) atoms. The van der Waals surface area contributed by atoms with E-state index in [-0.39, 0.29) is 17.7 Å². The van der Waals surface area contributed by atoms with Gasteiger partial charge in [-0.1, -0.05) is 18.2 Å². The molecular formula is C29H29N5O7. The van der Waals surface area contributed by atoms with Gasteiger partial charge in [-0.25, -0.2) is 0 Å². The van der Waals surface area contributed by atoms with Crippen LogP contribution in [0.3, 0.4) is 0 Å². The average molecular weight is 560 g/mol. The van der Waals surface area contributed by atoms with Gasteiger partial charge >= 0.3 is 0 Å². The van der Waals surface area contributed by atoms with Crippen molar-refractivity contribution in [3.05, 3.63) is 64.4 Å². The Morgan fingerprint density at radius 3 is 2.27 bits per heavy atom. The largest absolute Gasteiger partial charge is 0.509 e. The van der Waals surface area contributed by atoms with Gasteiger partial charge in [-0.05, 0) is 61.8 Å². The van der Waals surface area contributed by atoms with Gasteiger partial charge in [0.05, 0.1) is 41.4 Å². The van der Waals surface area contributed by atoms with Gasteiger partial charge in [-0.2, -0.15) is 5.26 Å². The number of methoxy groups -OCH3 is 1. The predicted octanol–water partition coefficient (Wildman–Crippen LogP) is 0.581. The lowest BCUT2D eigenvalue weighted by Gasteiger charge is -2.58. The van der Waals surface area contributed by atoms with Crippen molar-refractivity contribution < 1.29 is 34.4 Å². The Morgan fingerprint density at radius 2 is 1.73 bits per heavy atom. The number of aliphatic hydroxyl groups excluding tert-OH is 2. The number of aliphatic hydroxyl groups is 2. The number of carbonyl (C=O) groups excluding carboxylic acids is 3. The first kappa shape index (κ1) is 27.9. The summed E-state index contributed by atoms with van der Waals surface area (Å²) in [5.74, 6) is -5.13. The van der Waals surface area contributed by atoms with Crippen LogP contribution in [0.1, 0.15) is 17.5 Å². The van der Waals surface area contributed by atoms with E-state index in [1.54, 1.807) is 36.4 Å². The lowest BCUT2D eigenvalue weighted by Crippen LogP contribution is -2.80. The number of ether oxygens (including phenoxy) is 1. The zero-order valence-corrected chi connectivity index (χ0v) is 22.6. The lowest BCUT2D eigenvalue weighted by atomic mass is 9.47. The van der Waals surface area contributed by atoms with E-state index in [2.05, 4.69) is 0 Å². The molecule has 12 heteroatoms. The second-order valence-electron chi connectivity index (χ2n) is 11.0. The summed E-state index contributed by atoms with van der Waals surface area (Å²) < 4.78 is 5.23. The first-order valence-electron chi connectivity index (χ1n) is 12.6. The van der Waals surface area contributed by atoms with Crippen LogP contribution in [0.5, 0.6) is 11.5 Å². The number of phenolic OH excluding ortho intramolecular Hbond substituents is 1. The van der Waals surface area contributed by atoms with E-state index in [1.165, 1.54) is 32.2 Å². The van der Waals surface area contributed by atoms with Gasteiger partial charge in [0.2, 0.25) is 0 Å². The van der Waals surface area contributed by atoms with Crippen molar-refractivity contribution in [1.82, 2.24) is 4.90 Å². The number of hydrogen-bond acceptors (Lipinski definition) is 11. The first-order chi connectivity index (χ1) is 19.2. The fourth-order valence-electron chi connectivity index (χ4n) is 6.87. The molecule has 5 rings (SSSR count). The Morgan fingerprint density at radius 1 is 1.10 bits per heavy atom. The standard InChI is InChI=1S/C29H29N5O7/c1-34(2)23-22(37)19(26(31)40)24(38)28(12-30)25(39)20-21(36)18-16(10-27(20,32)11-29(23,28)33)15(8-9-17(18)35)13-4-6-14(41-3)7-5-13/h4-9,23,35-36,38H,10-11,32-33H2,1-3H3,(H2,31,40)/t23-,27-,28+,29-/m1/s1. The molecule has 0 radical (unpaired) electrons. The molecule has 1 saturated carbocycles. The number of aromatic hydroxyl groups is 1. The second kappa shape index (κ2) is 8.90. The Hall–Kier alpha value is -4.70. The molecule has 9 N–H and O–H groups in total. The monoisotopic (exact) mass is 559 g/mol. The Balaban J connectivity index is 1.84. The number of nitriles is 1. The number of amides is 1. The van der Waals surface area contributed by atoms with E-state index in [4.69, 9.17) is 21.9 Å². The van der Waals surface area contributed by atoms with Crippen LogP contribution in [0.15, 0.2) is 53.3 Å². The summed E-state index contributed by atoms with van der Waals surface area (Å²) in [6.45, 7) is 0. The molecule has 0 bridgehead atoms. The van der Waals surface area contributed by atoms with Crippen LogP contribution in [0.4, 0.5) is 0 Å². The van der Waals surface area contributed by atoms with Gasteiger partial charge in [-0.15, -0.1) is 0 Å².